The minimum absolute atomic E-state index is 0.0644. The summed E-state index contributed by atoms with van der Waals surface area (Å²) < 4.78 is 1.77. The minimum Gasteiger partial charge on any atom is -0.289 e. The normalized spacial score (nSPS) is 11.1. The van der Waals surface area contributed by atoms with Crippen LogP contribution in [0.1, 0.15) is 21.5 Å². The van der Waals surface area contributed by atoms with E-state index >= 15 is 0 Å². The van der Waals surface area contributed by atoms with Crippen LogP contribution in [0.2, 0.25) is 0 Å². The summed E-state index contributed by atoms with van der Waals surface area (Å²) in [6.07, 6.45) is 5.00. The van der Waals surface area contributed by atoms with Crippen LogP contribution in [0.4, 0.5) is 5.69 Å². The molecule has 148 valence electrons. The van der Waals surface area contributed by atoms with Gasteiger partial charge in [-0.3, -0.25) is 14.9 Å². The number of nitrogens with zero attached hydrogens (tertiary/aromatic N) is 3. The Bertz CT molecular complexity index is 1240. The van der Waals surface area contributed by atoms with Crippen LogP contribution in [0.5, 0.6) is 0 Å². The maximum atomic E-state index is 12.6. The fourth-order valence-corrected chi connectivity index (χ4v) is 3.78. The standard InChI is InChI=1S/C23H17N3O3S/c1-16-9-10-17(14-20(16)26(28)29)21(27)12-11-18-15-25(19-6-3-2-4-7-19)24-23(18)22-8-5-13-30-22/h2-15H,1H3. The summed E-state index contributed by atoms with van der Waals surface area (Å²) in [6, 6.07) is 18.1. The number of benzene rings is 2. The molecule has 0 saturated carbocycles. The predicted molar refractivity (Wildman–Crippen MR) is 118 cm³/mol. The Morgan fingerprint density at radius 1 is 1.13 bits per heavy atom. The lowest BCUT2D eigenvalue weighted by Gasteiger charge is -2.00. The molecule has 0 spiro atoms. The van der Waals surface area contributed by atoms with Gasteiger partial charge in [0, 0.05) is 29.0 Å². The van der Waals surface area contributed by atoms with Crippen molar-refractivity contribution in [3.05, 3.63) is 105 Å². The van der Waals surface area contributed by atoms with Gasteiger partial charge in [0.25, 0.3) is 5.69 Å². The first-order chi connectivity index (χ1) is 14.5. The van der Waals surface area contributed by atoms with E-state index in [1.807, 2.05) is 54.0 Å². The number of aromatic nitrogens is 2. The molecule has 0 aliphatic carbocycles. The highest BCUT2D eigenvalue weighted by molar-refractivity contribution is 7.13. The number of ketones is 1. The third-order valence-corrected chi connectivity index (χ3v) is 5.50. The fourth-order valence-electron chi connectivity index (χ4n) is 3.05. The van der Waals surface area contributed by atoms with Gasteiger partial charge >= 0.3 is 0 Å². The lowest BCUT2D eigenvalue weighted by molar-refractivity contribution is -0.385. The van der Waals surface area contributed by atoms with Crippen LogP contribution in [0.25, 0.3) is 22.3 Å². The van der Waals surface area contributed by atoms with Crippen LogP contribution in [0.15, 0.2) is 78.3 Å². The molecule has 0 radical (unpaired) electrons. The van der Waals surface area contributed by atoms with E-state index < -0.39 is 4.92 Å². The fraction of sp³-hybridized carbons (Fsp3) is 0.0435. The van der Waals surface area contributed by atoms with E-state index in [1.165, 1.54) is 12.1 Å². The summed E-state index contributed by atoms with van der Waals surface area (Å²) in [4.78, 5) is 24.3. The van der Waals surface area contributed by atoms with Gasteiger partial charge in [-0.05, 0) is 42.7 Å². The molecule has 7 heteroatoms. The molecule has 6 nitrogen and oxygen atoms in total. The van der Waals surface area contributed by atoms with Gasteiger partial charge in [-0.2, -0.15) is 5.10 Å². The van der Waals surface area contributed by atoms with Gasteiger partial charge in [0.05, 0.1) is 15.5 Å². The summed E-state index contributed by atoms with van der Waals surface area (Å²) in [7, 11) is 0. The van der Waals surface area contributed by atoms with Gasteiger partial charge in [-0.1, -0.05) is 36.4 Å². The van der Waals surface area contributed by atoms with Crippen LogP contribution in [-0.4, -0.2) is 20.5 Å². The van der Waals surface area contributed by atoms with Crippen molar-refractivity contribution in [1.29, 1.82) is 0 Å². The summed E-state index contributed by atoms with van der Waals surface area (Å²) in [6.45, 7) is 1.65. The summed E-state index contributed by atoms with van der Waals surface area (Å²) >= 11 is 1.57. The van der Waals surface area contributed by atoms with Crippen molar-refractivity contribution in [2.24, 2.45) is 0 Å². The Labute approximate surface area is 176 Å². The molecular weight excluding hydrogens is 398 g/mol. The maximum absolute atomic E-state index is 12.6. The van der Waals surface area contributed by atoms with E-state index in [-0.39, 0.29) is 17.0 Å². The monoisotopic (exact) mass is 415 g/mol. The SMILES string of the molecule is Cc1ccc(C(=O)C=Cc2cn(-c3ccccc3)nc2-c2cccs2)cc1[N+](=O)[O-]. The number of hydrogen-bond acceptors (Lipinski definition) is 5. The molecule has 0 aliphatic heterocycles. The summed E-state index contributed by atoms with van der Waals surface area (Å²) in [5, 5.41) is 17.8. The minimum atomic E-state index is -0.478. The smallest absolute Gasteiger partial charge is 0.273 e. The van der Waals surface area contributed by atoms with E-state index in [0.717, 1.165) is 21.8 Å². The van der Waals surface area contributed by atoms with Crippen molar-refractivity contribution in [3.8, 4) is 16.3 Å². The van der Waals surface area contributed by atoms with Crippen molar-refractivity contribution < 1.29 is 9.72 Å². The Morgan fingerprint density at radius 2 is 1.93 bits per heavy atom. The number of aryl methyl sites for hydroxylation is 1. The first-order valence-electron chi connectivity index (χ1n) is 9.19. The van der Waals surface area contributed by atoms with Gasteiger partial charge in [0.1, 0.15) is 5.69 Å². The molecule has 0 atom stereocenters. The third-order valence-electron chi connectivity index (χ3n) is 4.62. The number of carbonyl (C=O) groups excluding carboxylic acids is 1. The second-order valence-electron chi connectivity index (χ2n) is 6.65. The van der Waals surface area contributed by atoms with Gasteiger partial charge in [0.2, 0.25) is 0 Å². The maximum Gasteiger partial charge on any atom is 0.273 e. The Hall–Kier alpha value is -3.84. The first-order valence-corrected chi connectivity index (χ1v) is 10.1. The number of allylic oxidation sites excluding steroid dienone is 1. The zero-order chi connectivity index (χ0) is 21.1. The van der Waals surface area contributed by atoms with Crippen LogP contribution < -0.4 is 0 Å². The van der Waals surface area contributed by atoms with E-state index in [0.29, 0.717) is 5.56 Å². The van der Waals surface area contributed by atoms with Crippen molar-refractivity contribution in [2.45, 2.75) is 6.92 Å². The number of nitro groups is 1. The first kappa shape index (κ1) is 19.5. The second kappa shape index (κ2) is 8.26. The third kappa shape index (κ3) is 3.97. The number of para-hydroxylation sites is 1. The van der Waals surface area contributed by atoms with Crippen LogP contribution in [-0.2, 0) is 0 Å². The van der Waals surface area contributed by atoms with E-state index in [1.54, 1.807) is 41.2 Å². The topological polar surface area (TPSA) is 78.0 Å². The average molecular weight is 415 g/mol. The van der Waals surface area contributed by atoms with Crippen LogP contribution >= 0.6 is 11.3 Å². The van der Waals surface area contributed by atoms with Crippen molar-refractivity contribution in [3.63, 3.8) is 0 Å². The Balaban J connectivity index is 1.69. The number of carbonyl (C=O) groups is 1. The number of hydrogen-bond donors (Lipinski definition) is 0. The molecule has 0 fully saturated rings. The van der Waals surface area contributed by atoms with Crippen LogP contribution in [0.3, 0.4) is 0 Å². The Morgan fingerprint density at radius 3 is 2.63 bits per heavy atom. The molecule has 0 bridgehead atoms. The lowest BCUT2D eigenvalue weighted by Crippen LogP contribution is -1.98. The van der Waals surface area contributed by atoms with Crippen LogP contribution in [0, 0.1) is 17.0 Å². The lowest BCUT2D eigenvalue weighted by atomic mass is 10.1. The van der Waals surface area contributed by atoms with Crippen molar-refractivity contribution in [2.75, 3.05) is 0 Å². The molecule has 0 N–H and O–H groups in total. The molecule has 30 heavy (non-hydrogen) atoms. The molecule has 2 aromatic carbocycles. The van der Waals surface area contributed by atoms with Gasteiger partial charge < -0.3 is 0 Å². The highest BCUT2D eigenvalue weighted by atomic mass is 32.1. The average Bonchev–Trinajstić information content (AvgIpc) is 3.42. The molecule has 2 heterocycles. The van der Waals surface area contributed by atoms with Crippen molar-refractivity contribution >= 4 is 28.9 Å². The summed E-state index contributed by atoms with van der Waals surface area (Å²) in [5.74, 6) is -0.303. The van der Waals surface area contributed by atoms with E-state index in [4.69, 9.17) is 5.10 Å². The van der Waals surface area contributed by atoms with Crippen molar-refractivity contribution in [1.82, 2.24) is 9.78 Å². The largest absolute Gasteiger partial charge is 0.289 e. The quantitative estimate of drug-likeness (QED) is 0.175. The van der Waals surface area contributed by atoms with Gasteiger partial charge in [-0.15, -0.1) is 11.3 Å². The highest BCUT2D eigenvalue weighted by Crippen LogP contribution is 2.29. The number of rotatable bonds is 6. The molecular formula is C23H17N3O3S. The zero-order valence-corrected chi connectivity index (χ0v) is 16.9. The number of thiophene rings is 1. The molecule has 0 saturated heterocycles. The molecule has 0 aliphatic rings. The van der Waals surface area contributed by atoms with E-state index in [9.17, 15) is 14.9 Å². The Kier molecular flexibility index (Phi) is 5.36. The molecule has 2 aromatic heterocycles. The van der Waals surface area contributed by atoms with Gasteiger partial charge in [0.15, 0.2) is 5.78 Å². The molecule has 0 amide bonds. The van der Waals surface area contributed by atoms with Gasteiger partial charge in [-0.25, -0.2) is 4.68 Å². The van der Waals surface area contributed by atoms with E-state index in [2.05, 4.69) is 0 Å². The molecule has 0 unspecified atom stereocenters. The second-order valence-corrected chi connectivity index (χ2v) is 7.59. The highest BCUT2D eigenvalue weighted by Gasteiger charge is 2.15. The molecule has 4 aromatic rings. The zero-order valence-electron chi connectivity index (χ0n) is 16.1. The summed E-state index contributed by atoms with van der Waals surface area (Å²) in [5.41, 5.74) is 3.20. The predicted octanol–water partition coefficient (Wildman–Crippen LogP) is 5.71. The molecule has 4 rings (SSSR count). The number of nitro benzene ring substituents is 1.